The number of Topliss-reactive ketones (excluding diaryl/α,β-unsaturated/α-hetero) is 1. The quantitative estimate of drug-likeness (QED) is 0.372. The van der Waals surface area contributed by atoms with Gasteiger partial charge in [0.2, 0.25) is 0 Å². The first-order valence-electron chi connectivity index (χ1n) is 13.4. The van der Waals surface area contributed by atoms with Crippen LogP contribution in [-0.4, -0.2) is 42.3 Å². The fraction of sp³-hybridized carbons (Fsp3) is 0.484. The zero-order chi connectivity index (χ0) is 27.2. The highest BCUT2D eigenvalue weighted by Gasteiger charge is 2.36. The van der Waals surface area contributed by atoms with Crippen LogP contribution < -0.4 is 9.47 Å². The van der Waals surface area contributed by atoms with Gasteiger partial charge in [-0.15, -0.1) is 0 Å². The monoisotopic (exact) mass is 522 g/mol. The maximum atomic E-state index is 13.5. The van der Waals surface area contributed by atoms with Crippen LogP contribution in [0.2, 0.25) is 0 Å². The minimum absolute atomic E-state index is 0.00774. The molecule has 1 fully saturated rings. The average Bonchev–Trinajstić information content (AvgIpc) is 3.04. The molecule has 0 heterocycles. The number of fused-ring (bicyclic) bond motifs is 2. The second kappa shape index (κ2) is 12.4. The molecule has 4 rings (SSSR count). The average molecular weight is 523 g/mol. The van der Waals surface area contributed by atoms with Crippen LogP contribution in [0.4, 0.5) is 0 Å². The normalized spacial score (nSPS) is 21.0. The summed E-state index contributed by atoms with van der Waals surface area (Å²) in [5.41, 5.74) is 2.87. The van der Waals surface area contributed by atoms with Crippen LogP contribution in [-0.2, 0) is 20.7 Å². The summed E-state index contributed by atoms with van der Waals surface area (Å²) in [6.07, 6.45) is 9.76. The minimum atomic E-state index is -0.542. The number of ether oxygens (including phenoxy) is 3. The van der Waals surface area contributed by atoms with E-state index in [-0.39, 0.29) is 29.6 Å². The molecule has 0 aliphatic heterocycles. The highest BCUT2D eigenvalue weighted by molar-refractivity contribution is 5.81. The van der Waals surface area contributed by atoms with Crippen LogP contribution in [0.3, 0.4) is 0 Å². The molecule has 38 heavy (non-hydrogen) atoms. The van der Waals surface area contributed by atoms with Crippen LogP contribution >= 0.6 is 0 Å². The number of carbonyl (C=O) groups excluding carboxylic acids is 2. The van der Waals surface area contributed by atoms with E-state index in [9.17, 15) is 19.8 Å². The smallest absolute Gasteiger partial charge is 0.302 e. The molecule has 7 nitrogen and oxygen atoms in total. The second-order valence-electron chi connectivity index (χ2n) is 10.5. The van der Waals surface area contributed by atoms with E-state index < -0.39 is 12.1 Å². The molecule has 2 aromatic carbocycles. The van der Waals surface area contributed by atoms with Crippen molar-refractivity contribution in [2.75, 3.05) is 14.2 Å². The van der Waals surface area contributed by atoms with Crippen molar-refractivity contribution in [2.24, 2.45) is 11.8 Å². The fourth-order valence-corrected chi connectivity index (χ4v) is 6.10. The predicted octanol–water partition coefficient (Wildman–Crippen LogP) is 5.95. The molecule has 0 saturated heterocycles. The molecular weight excluding hydrogens is 484 g/mol. The van der Waals surface area contributed by atoms with Crippen LogP contribution in [0, 0.1) is 11.8 Å². The van der Waals surface area contributed by atoms with Gasteiger partial charge in [-0.2, -0.15) is 0 Å². The summed E-state index contributed by atoms with van der Waals surface area (Å²) in [7, 11) is 3.03. The first-order valence-corrected chi connectivity index (χ1v) is 13.4. The van der Waals surface area contributed by atoms with Gasteiger partial charge >= 0.3 is 5.97 Å². The Morgan fingerprint density at radius 1 is 1.00 bits per heavy atom. The number of ketones is 1. The number of carbonyl (C=O) groups is 2. The third kappa shape index (κ3) is 6.50. The molecular formula is C31H38O7. The third-order valence-electron chi connectivity index (χ3n) is 7.93. The number of aromatic hydroxyl groups is 2. The molecule has 204 valence electrons. The number of rotatable bonds is 10. The molecule has 2 aliphatic rings. The van der Waals surface area contributed by atoms with Gasteiger partial charge < -0.3 is 24.4 Å². The SMILES string of the molecule is COc1cc(CCC(CC(=O)CC2c3cc(OC)c(O)cc3C=CC3CCCCC32)OC(C)=O)ccc1O. The lowest BCUT2D eigenvalue weighted by atomic mass is 9.69. The maximum Gasteiger partial charge on any atom is 0.302 e. The Morgan fingerprint density at radius 2 is 1.74 bits per heavy atom. The first-order chi connectivity index (χ1) is 18.3. The molecule has 2 N–H and O–H groups in total. The molecule has 0 radical (unpaired) electrons. The van der Waals surface area contributed by atoms with E-state index in [4.69, 9.17) is 14.2 Å². The summed E-state index contributed by atoms with van der Waals surface area (Å²) < 4.78 is 16.2. The summed E-state index contributed by atoms with van der Waals surface area (Å²) in [5.74, 6) is 1.28. The molecule has 0 amide bonds. The molecule has 0 bridgehead atoms. The molecule has 4 atom stereocenters. The van der Waals surface area contributed by atoms with Gasteiger partial charge in [0.1, 0.15) is 11.9 Å². The summed E-state index contributed by atoms with van der Waals surface area (Å²) >= 11 is 0. The summed E-state index contributed by atoms with van der Waals surface area (Å²) in [6.45, 7) is 1.36. The van der Waals surface area contributed by atoms with Crippen molar-refractivity contribution >= 4 is 17.8 Å². The number of hydrogen-bond donors (Lipinski definition) is 2. The van der Waals surface area contributed by atoms with Gasteiger partial charge in [-0.3, -0.25) is 9.59 Å². The highest BCUT2D eigenvalue weighted by Crippen LogP contribution is 2.48. The summed E-state index contributed by atoms with van der Waals surface area (Å²) in [4.78, 5) is 25.4. The van der Waals surface area contributed by atoms with Crippen LogP contribution in [0.5, 0.6) is 23.0 Å². The first kappa shape index (κ1) is 27.6. The van der Waals surface area contributed by atoms with Crippen molar-refractivity contribution in [3.8, 4) is 23.0 Å². The minimum Gasteiger partial charge on any atom is -0.504 e. The van der Waals surface area contributed by atoms with Crippen LogP contribution in [0.25, 0.3) is 6.08 Å². The topological polar surface area (TPSA) is 102 Å². The molecule has 2 aromatic rings. The van der Waals surface area contributed by atoms with Gasteiger partial charge in [0.15, 0.2) is 23.0 Å². The van der Waals surface area contributed by atoms with E-state index >= 15 is 0 Å². The van der Waals surface area contributed by atoms with Gasteiger partial charge in [0.05, 0.1) is 14.2 Å². The number of benzene rings is 2. The number of hydrogen-bond acceptors (Lipinski definition) is 7. The molecule has 0 aromatic heterocycles. The van der Waals surface area contributed by atoms with Crippen molar-refractivity contribution in [2.45, 2.75) is 70.3 Å². The number of esters is 1. The maximum absolute atomic E-state index is 13.5. The number of phenols is 2. The lowest BCUT2D eigenvalue weighted by Crippen LogP contribution is -2.27. The Hall–Kier alpha value is -3.48. The lowest BCUT2D eigenvalue weighted by Gasteiger charge is -2.35. The van der Waals surface area contributed by atoms with Gasteiger partial charge in [0.25, 0.3) is 0 Å². The second-order valence-corrected chi connectivity index (χ2v) is 10.5. The Morgan fingerprint density at radius 3 is 2.47 bits per heavy atom. The van der Waals surface area contributed by atoms with Crippen molar-refractivity contribution < 1.29 is 34.0 Å². The largest absolute Gasteiger partial charge is 0.504 e. The van der Waals surface area contributed by atoms with E-state index in [1.807, 2.05) is 6.07 Å². The zero-order valence-electron chi connectivity index (χ0n) is 22.4. The van der Waals surface area contributed by atoms with Gasteiger partial charge in [-0.1, -0.05) is 31.1 Å². The third-order valence-corrected chi connectivity index (χ3v) is 7.93. The van der Waals surface area contributed by atoms with Crippen molar-refractivity contribution in [1.29, 1.82) is 0 Å². The zero-order valence-corrected chi connectivity index (χ0v) is 22.4. The molecule has 7 heteroatoms. The number of methoxy groups -OCH3 is 2. The molecule has 4 unspecified atom stereocenters. The number of phenolic OH excluding ortho intramolecular Hbond substituents is 2. The van der Waals surface area contributed by atoms with Gasteiger partial charge in [0, 0.05) is 19.8 Å². The Kier molecular flexibility index (Phi) is 8.97. The fourth-order valence-electron chi connectivity index (χ4n) is 6.10. The molecule has 2 aliphatic carbocycles. The van der Waals surface area contributed by atoms with Gasteiger partial charge in [-0.05, 0) is 84.4 Å². The number of aryl methyl sites for hydroxylation is 1. The van der Waals surface area contributed by atoms with Crippen molar-refractivity contribution in [3.63, 3.8) is 0 Å². The molecule has 1 saturated carbocycles. The number of allylic oxidation sites excluding steroid dienone is 1. The summed E-state index contributed by atoms with van der Waals surface area (Å²) in [5, 5.41) is 20.3. The van der Waals surface area contributed by atoms with E-state index in [1.165, 1.54) is 27.6 Å². The highest BCUT2D eigenvalue weighted by atomic mass is 16.5. The Bertz CT molecular complexity index is 1180. The van der Waals surface area contributed by atoms with Crippen molar-refractivity contribution in [1.82, 2.24) is 0 Å². The standard InChI is InChI=1S/C31H38O7/c1-19(32)38-24(12-8-20-9-13-28(34)30(14-20)36-2)16-23(33)17-27-25-7-5-4-6-21(25)10-11-22-15-29(35)31(37-3)18-26(22)27/h9-11,13-15,18,21,24-25,27,34-35H,4-8,12,16-17H2,1-3H3. The van der Waals surface area contributed by atoms with Crippen LogP contribution in [0.1, 0.15) is 74.5 Å². The lowest BCUT2D eigenvalue weighted by molar-refractivity contribution is -0.147. The Labute approximate surface area is 224 Å². The van der Waals surface area contributed by atoms with E-state index in [1.54, 1.807) is 24.3 Å². The van der Waals surface area contributed by atoms with Crippen LogP contribution in [0.15, 0.2) is 36.4 Å². The van der Waals surface area contributed by atoms with E-state index in [0.29, 0.717) is 42.6 Å². The molecule has 0 spiro atoms. The Balaban J connectivity index is 1.52. The summed E-state index contributed by atoms with van der Waals surface area (Å²) in [6, 6.07) is 8.73. The predicted molar refractivity (Wildman–Crippen MR) is 145 cm³/mol. The van der Waals surface area contributed by atoms with E-state index in [0.717, 1.165) is 36.0 Å². The van der Waals surface area contributed by atoms with Gasteiger partial charge in [-0.25, -0.2) is 0 Å². The van der Waals surface area contributed by atoms with Crippen molar-refractivity contribution in [3.05, 3.63) is 53.1 Å². The van der Waals surface area contributed by atoms with E-state index in [2.05, 4.69) is 12.2 Å².